The third kappa shape index (κ3) is 5.57. The van der Waals surface area contributed by atoms with Crippen LogP contribution < -0.4 is 5.56 Å². The number of aryl methyl sites for hydroxylation is 2. The Kier molecular flexibility index (Phi) is 7.06. The summed E-state index contributed by atoms with van der Waals surface area (Å²) in [6, 6.07) is 23.4. The van der Waals surface area contributed by atoms with Crippen molar-refractivity contribution in [1.29, 1.82) is 0 Å². The van der Waals surface area contributed by atoms with E-state index in [1.807, 2.05) is 84.9 Å². The number of nitrogens with zero attached hydrogens (tertiary/aromatic N) is 4. The molecular weight excluding hydrogens is 464 g/mol. The van der Waals surface area contributed by atoms with E-state index in [0.717, 1.165) is 27.9 Å². The lowest BCUT2D eigenvalue weighted by Crippen LogP contribution is -2.49. The molecule has 1 saturated heterocycles. The Morgan fingerprint density at radius 1 is 0.973 bits per heavy atom. The number of likely N-dealkylation sites (tertiary alicyclic amines) is 1. The van der Waals surface area contributed by atoms with Crippen LogP contribution in [0.3, 0.4) is 0 Å². The molecule has 4 aromatic rings. The molecule has 1 aliphatic heterocycles. The summed E-state index contributed by atoms with van der Waals surface area (Å²) >= 11 is 0. The average molecular weight is 497 g/mol. The second kappa shape index (κ2) is 10.6. The van der Waals surface area contributed by atoms with Crippen molar-refractivity contribution in [2.45, 2.75) is 37.8 Å². The number of hydrogen-bond donors (Lipinski definition) is 1. The number of hydrogen-bond acceptors (Lipinski definition) is 4. The zero-order chi connectivity index (χ0) is 25.8. The fraction of sp³-hybridized carbons (Fsp3) is 0.300. The average Bonchev–Trinajstić information content (AvgIpc) is 3.35. The first-order chi connectivity index (χ1) is 17.9. The van der Waals surface area contributed by atoms with Gasteiger partial charge in [0.15, 0.2) is 0 Å². The van der Waals surface area contributed by atoms with E-state index >= 15 is 0 Å². The zero-order valence-corrected chi connectivity index (χ0v) is 21.1. The van der Waals surface area contributed by atoms with E-state index in [-0.39, 0.29) is 18.0 Å². The van der Waals surface area contributed by atoms with Gasteiger partial charge in [-0.25, -0.2) is 0 Å². The molecule has 1 amide bonds. The summed E-state index contributed by atoms with van der Waals surface area (Å²) in [5.74, 6) is 0.105. The van der Waals surface area contributed by atoms with Crippen LogP contribution in [0.25, 0.3) is 22.4 Å². The Morgan fingerprint density at radius 2 is 1.65 bits per heavy atom. The summed E-state index contributed by atoms with van der Waals surface area (Å²) < 4.78 is 3.38. The lowest BCUT2D eigenvalue weighted by molar-refractivity contribution is -0.135. The van der Waals surface area contributed by atoms with Crippen LogP contribution in [0.5, 0.6) is 0 Å². The Balaban J connectivity index is 1.32. The smallest absolute Gasteiger partial charge is 0.251 e. The predicted molar refractivity (Wildman–Crippen MR) is 144 cm³/mol. The molecule has 37 heavy (non-hydrogen) atoms. The molecule has 0 saturated carbocycles. The summed E-state index contributed by atoms with van der Waals surface area (Å²) in [4.78, 5) is 27.8. The van der Waals surface area contributed by atoms with Crippen LogP contribution in [0.15, 0.2) is 90.0 Å². The van der Waals surface area contributed by atoms with E-state index in [4.69, 9.17) is 0 Å². The van der Waals surface area contributed by atoms with Crippen molar-refractivity contribution < 1.29 is 9.90 Å². The molecule has 1 fully saturated rings. The Bertz CT molecular complexity index is 1420. The topological polar surface area (TPSA) is 80.4 Å². The highest BCUT2D eigenvalue weighted by Gasteiger charge is 2.34. The van der Waals surface area contributed by atoms with Gasteiger partial charge in [0.1, 0.15) is 0 Å². The van der Waals surface area contributed by atoms with Crippen molar-refractivity contribution in [1.82, 2.24) is 19.2 Å². The summed E-state index contributed by atoms with van der Waals surface area (Å²) in [5, 5.41) is 15.7. The molecule has 5 rings (SSSR count). The molecule has 3 heterocycles. The summed E-state index contributed by atoms with van der Waals surface area (Å²) in [7, 11) is 1.87. The molecule has 0 unspecified atom stereocenters. The second-order valence-electron chi connectivity index (χ2n) is 9.86. The van der Waals surface area contributed by atoms with Crippen molar-refractivity contribution in [2.24, 2.45) is 7.05 Å². The minimum Gasteiger partial charge on any atom is -0.388 e. The molecule has 7 heteroatoms. The number of aliphatic hydroxyl groups is 1. The molecule has 0 radical (unpaired) electrons. The molecule has 7 nitrogen and oxygen atoms in total. The van der Waals surface area contributed by atoms with Crippen molar-refractivity contribution in [2.75, 3.05) is 13.1 Å². The van der Waals surface area contributed by atoms with Crippen molar-refractivity contribution in [3.8, 4) is 22.4 Å². The lowest BCUT2D eigenvalue weighted by Gasteiger charge is -2.38. The maximum atomic E-state index is 13.2. The molecule has 0 spiro atoms. The van der Waals surface area contributed by atoms with Crippen LogP contribution in [-0.2, 0) is 24.8 Å². The first-order valence-electron chi connectivity index (χ1n) is 12.7. The Labute approximate surface area is 216 Å². The zero-order valence-electron chi connectivity index (χ0n) is 21.1. The quantitative estimate of drug-likeness (QED) is 0.421. The number of aromatic nitrogens is 3. The number of benzene rings is 2. The van der Waals surface area contributed by atoms with Gasteiger partial charge in [-0.3, -0.25) is 14.3 Å². The first-order valence-corrected chi connectivity index (χ1v) is 12.7. The third-order valence-electron chi connectivity index (χ3n) is 7.29. The number of carbonyl (C=O) groups is 1. The molecule has 2 aromatic heterocycles. The van der Waals surface area contributed by atoms with Crippen LogP contribution >= 0.6 is 0 Å². The number of pyridine rings is 1. The molecule has 0 aliphatic carbocycles. The molecular formula is C30H32N4O3. The lowest BCUT2D eigenvalue weighted by atomic mass is 9.90. The van der Waals surface area contributed by atoms with E-state index < -0.39 is 5.60 Å². The molecule has 190 valence electrons. The molecule has 1 N–H and O–H groups in total. The van der Waals surface area contributed by atoms with E-state index in [0.29, 0.717) is 38.8 Å². The van der Waals surface area contributed by atoms with Gasteiger partial charge in [0.25, 0.3) is 5.56 Å². The summed E-state index contributed by atoms with van der Waals surface area (Å²) in [6.45, 7) is 1.14. The number of piperidine rings is 1. The first kappa shape index (κ1) is 24.7. The third-order valence-corrected chi connectivity index (χ3v) is 7.29. The van der Waals surface area contributed by atoms with Gasteiger partial charge in [-0.1, -0.05) is 60.7 Å². The van der Waals surface area contributed by atoms with E-state index in [2.05, 4.69) is 5.10 Å². The fourth-order valence-corrected chi connectivity index (χ4v) is 5.10. The number of carbonyl (C=O) groups excluding carboxylic acids is 1. The van der Waals surface area contributed by atoms with Crippen LogP contribution in [0.1, 0.15) is 24.8 Å². The van der Waals surface area contributed by atoms with Gasteiger partial charge >= 0.3 is 0 Å². The monoisotopic (exact) mass is 496 g/mol. The summed E-state index contributed by atoms with van der Waals surface area (Å²) in [6.07, 6.45) is 5.59. The van der Waals surface area contributed by atoms with E-state index in [1.54, 1.807) is 21.5 Å². The van der Waals surface area contributed by atoms with Crippen molar-refractivity contribution >= 4 is 5.91 Å². The van der Waals surface area contributed by atoms with E-state index in [9.17, 15) is 14.7 Å². The van der Waals surface area contributed by atoms with Crippen molar-refractivity contribution in [3.05, 3.63) is 101 Å². The molecule has 0 atom stereocenters. The Morgan fingerprint density at radius 3 is 2.30 bits per heavy atom. The van der Waals surface area contributed by atoms with Crippen molar-refractivity contribution in [3.63, 3.8) is 0 Å². The van der Waals surface area contributed by atoms with Gasteiger partial charge < -0.3 is 14.6 Å². The van der Waals surface area contributed by atoms with E-state index in [1.165, 1.54) is 0 Å². The maximum absolute atomic E-state index is 13.2. The minimum atomic E-state index is -1.06. The highest BCUT2D eigenvalue weighted by Crippen LogP contribution is 2.31. The standard InChI is InChI=1S/C30H32N4O3/c1-32-27(14-17-31-32)26-21-34(29(36)20-25(26)24-10-6-3-7-11-24)22-30(37)15-18-33(19-16-30)28(35)13-12-23-8-4-2-5-9-23/h2-11,14,17,20-21,37H,12-13,15-16,18-19,22H2,1H3. The maximum Gasteiger partial charge on any atom is 0.251 e. The van der Waals surface area contributed by atoms with Crippen LogP contribution in [0.4, 0.5) is 0 Å². The predicted octanol–water partition coefficient (Wildman–Crippen LogP) is 3.90. The van der Waals surface area contributed by atoms with Gasteiger partial charge in [0.2, 0.25) is 5.91 Å². The number of amides is 1. The van der Waals surface area contributed by atoms with Crippen LogP contribution in [-0.4, -0.2) is 49.0 Å². The fourth-order valence-electron chi connectivity index (χ4n) is 5.10. The largest absolute Gasteiger partial charge is 0.388 e. The highest BCUT2D eigenvalue weighted by molar-refractivity contribution is 5.81. The highest BCUT2D eigenvalue weighted by atomic mass is 16.3. The molecule has 0 bridgehead atoms. The van der Waals surface area contributed by atoms with Crippen LogP contribution in [0.2, 0.25) is 0 Å². The normalized spacial score (nSPS) is 15.0. The molecule has 2 aromatic carbocycles. The van der Waals surface area contributed by atoms with Gasteiger partial charge in [-0.15, -0.1) is 0 Å². The summed E-state index contributed by atoms with van der Waals surface area (Å²) in [5.41, 5.74) is 3.46. The SMILES string of the molecule is Cn1nccc1-c1cn(CC2(O)CCN(C(=O)CCc3ccccc3)CC2)c(=O)cc1-c1ccccc1. The van der Waals surface area contributed by atoms with Gasteiger partial charge in [-0.05, 0) is 42.0 Å². The second-order valence-corrected chi connectivity index (χ2v) is 9.86. The Hall–Kier alpha value is -3.97. The molecule has 1 aliphatic rings. The number of rotatable bonds is 7. The minimum absolute atomic E-state index is 0.105. The van der Waals surface area contributed by atoms with Gasteiger partial charge in [0.05, 0.1) is 17.8 Å². The van der Waals surface area contributed by atoms with Crippen LogP contribution in [0, 0.1) is 0 Å². The van der Waals surface area contributed by atoms with Gasteiger partial charge in [-0.2, -0.15) is 5.10 Å². The van der Waals surface area contributed by atoms with Gasteiger partial charge in [0, 0.05) is 50.6 Å².